The fraction of sp³-hybridized carbons (Fsp3) is 0.733. The number of hydrogen-bond donors (Lipinski definition) is 1. The van der Waals surface area contributed by atoms with Crippen LogP contribution in [0.25, 0.3) is 0 Å². The summed E-state index contributed by atoms with van der Waals surface area (Å²) in [5, 5.41) is 10.1. The second-order valence-electron chi connectivity index (χ2n) is 5.49. The van der Waals surface area contributed by atoms with Gasteiger partial charge in [-0.05, 0) is 38.8 Å². The van der Waals surface area contributed by atoms with Crippen LogP contribution < -0.4 is 0 Å². The third-order valence-electron chi connectivity index (χ3n) is 3.67. The average Bonchev–Trinajstić information content (AvgIpc) is 2.62. The van der Waals surface area contributed by atoms with Crippen molar-refractivity contribution in [2.75, 3.05) is 13.1 Å². The molecule has 112 valence electrons. The van der Waals surface area contributed by atoms with Gasteiger partial charge in [0.1, 0.15) is 0 Å². The number of hydrogen-bond acceptors (Lipinski definition) is 4. The quantitative estimate of drug-likeness (QED) is 0.876. The minimum Gasteiger partial charge on any atom is -0.481 e. The van der Waals surface area contributed by atoms with Gasteiger partial charge in [0, 0.05) is 11.4 Å². The fourth-order valence-electron chi connectivity index (χ4n) is 2.66. The van der Waals surface area contributed by atoms with E-state index in [-0.39, 0.29) is 6.42 Å². The van der Waals surface area contributed by atoms with Gasteiger partial charge in [0.2, 0.25) is 0 Å². The molecule has 20 heavy (non-hydrogen) atoms. The van der Waals surface area contributed by atoms with E-state index in [1.54, 1.807) is 11.3 Å². The molecule has 1 fully saturated rings. The van der Waals surface area contributed by atoms with Gasteiger partial charge in [0.15, 0.2) is 0 Å². The smallest absolute Gasteiger partial charge is 0.309 e. The predicted molar refractivity (Wildman–Crippen MR) is 81.2 cm³/mol. The average molecular weight is 296 g/mol. The van der Waals surface area contributed by atoms with Gasteiger partial charge in [-0.15, -0.1) is 11.3 Å². The molecule has 5 heteroatoms. The van der Waals surface area contributed by atoms with Crippen molar-refractivity contribution >= 4 is 17.3 Å². The highest BCUT2D eigenvalue weighted by Crippen LogP contribution is 2.23. The predicted octanol–water partition coefficient (Wildman–Crippen LogP) is 3.10. The third kappa shape index (κ3) is 4.56. The van der Waals surface area contributed by atoms with Gasteiger partial charge in [-0.1, -0.05) is 19.8 Å². The Morgan fingerprint density at radius 2 is 2.00 bits per heavy atom. The molecule has 0 saturated carbocycles. The van der Waals surface area contributed by atoms with E-state index in [2.05, 4.69) is 16.8 Å². The van der Waals surface area contributed by atoms with Crippen molar-refractivity contribution in [2.45, 2.75) is 58.4 Å². The zero-order chi connectivity index (χ0) is 14.4. The van der Waals surface area contributed by atoms with Crippen molar-refractivity contribution in [3.8, 4) is 0 Å². The van der Waals surface area contributed by atoms with Crippen molar-refractivity contribution in [1.82, 2.24) is 9.88 Å². The Morgan fingerprint density at radius 3 is 2.60 bits per heavy atom. The van der Waals surface area contributed by atoms with Gasteiger partial charge in [-0.2, -0.15) is 0 Å². The molecule has 1 aromatic heterocycles. The number of carboxylic acid groups (broad SMARTS) is 1. The highest BCUT2D eigenvalue weighted by molar-refractivity contribution is 7.11. The first-order chi connectivity index (χ1) is 9.69. The summed E-state index contributed by atoms with van der Waals surface area (Å²) in [6, 6.07) is 0. The first-order valence-corrected chi connectivity index (χ1v) is 8.42. The Morgan fingerprint density at radius 1 is 1.30 bits per heavy atom. The zero-order valence-corrected chi connectivity index (χ0v) is 13.0. The number of carbonyl (C=O) groups is 1. The van der Waals surface area contributed by atoms with E-state index in [1.807, 2.05) is 0 Å². The summed E-state index contributed by atoms with van der Waals surface area (Å²) in [7, 11) is 0. The van der Waals surface area contributed by atoms with Crippen LogP contribution in [-0.2, 0) is 24.2 Å². The van der Waals surface area contributed by atoms with Gasteiger partial charge in [-0.25, -0.2) is 4.98 Å². The second-order valence-corrected chi connectivity index (χ2v) is 6.66. The van der Waals surface area contributed by atoms with E-state index in [9.17, 15) is 4.79 Å². The molecular formula is C15H24N2O2S. The van der Waals surface area contributed by atoms with E-state index in [1.165, 1.54) is 25.7 Å². The number of nitrogens with zero attached hydrogens (tertiary/aromatic N) is 2. The van der Waals surface area contributed by atoms with E-state index in [0.29, 0.717) is 0 Å². The molecule has 4 nitrogen and oxygen atoms in total. The maximum absolute atomic E-state index is 11.0. The normalized spacial score (nSPS) is 17.1. The number of aromatic nitrogens is 1. The molecule has 1 aliphatic heterocycles. The fourth-order valence-corrected chi connectivity index (χ4v) is 3.89. The van der Waals surface area contributed by atoms with E-state index in [0.717, 1.165) is 48.1 Å². The van der Waals surface area contributed by atoms with Gasteiger partial charge in [-0.3, -0.25) is 9.69 Å². The number of thiazole rings is 1. The van der Waals surface area contributed by atoms with Crippen molar-refractivity contribution in [2.24, 2.45) is 0 Å². The number of carboxylic acids is 1. The van der Waals surface area contributed by atoms with Crippen molar-refractivity contribution in [3.63, 3.8) is 0 Å². The lowest BCUT2D eigenvalue weighted by atomic mass is 10.2. The molecule has 2 heterocycles. The summed E-state index contributed by atoms with van der Waals surface area (Å²) in [6.07, 6.45) is 7.23. The maximum Gasteiger partial charge on any atom is 0.309 e. The Bertz CT molecular complexity index is 437. The van der Waals surface area contributed by atoms with Crippen LogP contribution in [0.1, 0.15) is 54.6 Å². The van der Waals surface area contributed by atoms with Crippen LogP contribution in [0.3, 0.4) is 0 Å². The molecule has 0 bridgehead atoms. The highest BCUT2D eigenvalue weighted by atomic mass is 32.1. The lowest BCUT2D eigenvalue weighted by Crippen LogP contribution is -2.24. The molecule has 0 radical (unpaired) electrons. The number of likely N-dealkylation sites (tertiary alicyclic amines) is 1. The largest absolute Gasteiger partial charge is 0.481 e. The minimum absolute atomic E-state index is 0.0589. The molecule has 0 aliphatic carbocycles. The molecule has 1 N–H and O–H groups in total. The summed E-state index contributed by atoms with van der Waals surface area (Å²) in [4.78, 5) is 19.2. The monoisotopic (exact) mass is 296 g/mol. The van der Waals surface area contributed by atoms with Crippen molar-refractivity contribution in [1.29, 1.82) is 0 Å². The lowest BCUT2D eigenvalue weighted by molar-refractivity contribution is -0.136. The minimum atomic E-state index is -0.782. The number of aliphatic carboxylic acids is 1. The first-order valence-electron chi connectivity index (χ1n) is 7.60. The molecule has 1 aliphatic rings. The van der Waals surface area contributed by atoms with Crippen LogP contribution in [0, 0.1) is 0 Å². The molecule has 0 amide bonds. The molecule has 2 rings (SSSR count). The van der Waals surface area contributed by atoms with Crippen LogP contribution in [0.2, 0.25) is 0 Å². The standard InChI is InChI=1S/C15H24N2O2S/c1-2-7-14-16-12(10-15(18)19)13(20-14)11-17-8-5-3-4-6-9-17/h2-11H2,1H3,(H,18,19). The van der Waals surface area contributed by atoms with Crippen molar-refractivity contribution in [3.05, 3.63) is 15.6 Å². The molecule has 1 aromatic rings. The van der Waals surface area contributed by atoms with Gasteiger partial charge >= 0.3 is 5.97 Å². The summed E-state index contributed by atoms with van der Waals surface area (Å²) in [5.74, 6) is -0.782. The Kier molecular flexibility index (Phi) is 5.98. The SMILES string of the molecule is CCCc1nc(CC(=O)O)c(CN2CCCCCC2)s1. The molecule has 1 saturated heterocycles. The Balaban J connectivity index is 2.08. The Hall–Kier alpha value is -0.940. The topological polar surface area (TPSA) is 53.4 Å². The maximum atomic E-state index is 11.0. The zero-order valence-electron chi connectivity index (χ0n) is 12.2. The van der Waals surface area contributed by atoms with Crippen LogP contribution in [0.4, 0.5) is 0 Å². The van der Waals surface area contributed by atoms with E-state index < -0.39 is 5.97 Å². The number of rotatable bonds is 6. The second kappa shape index (κ2) is 7.74. The van der Waals surface area contributed by atoms with Gasteiger partial charge < -0.3 is 5.11 Å². The number of aryl methyl sites for hydroxylation is 1. The highest BCUT2D eigenvalue weighted by Gasteiger charge is 2.17. The summed E-state index contributed by atoms with van der Waals surface area (Å²) in [6.45, 7) is 5.28. The first kappa shape index (κ1) is 15.4. The van der Waals surface area contributed by atoms with Crippen LogP contribution >= 0.6 is 11.3 Å². The molecule has 0 atom stereocenters. The van der Waals surface area contributed by atoms with E-state index in [4.69, 9.17) is 5.11 Å². The summed E-state index contributed by atoms with van der Waals surface area (Å²) >= 11 is 1.71. The van der Waals surface area contributed by atoms with Crippen molar-refractivity contribution < 1.29 is 9.90 Å². The van der Waals surface area contributed by atoms with Crippen LogP contribution in [0.5, 0.6) is 0 Å². The third-order valence-corrected chi connectivity index (χ3v) is 4.81. The molecule has 0 spiro atoms. The van der Waals surface area contributed by atoms with Gasteiger partial charge in [0.25, 0.3) is 0 Å². The Labute approximate surface area is 124 Å². The summed E-state index contributed by atoms with van der Waals surface area (Å²) in [5.41, 5.74) is 0.787. The van der Waals surface area contributed by atoms with Crippen LogP contribution in [0.15, 0.2) is 0 Å². The lowest BCUT2D eigenvalue weighted by Gasteiger charge is -2.19. The van der Waals surface area contributed by atoms with E-state index >= 15 is 0 Å². The van der Waals surface area contributed by atoms with Gasteiger partial charge in [0.05, 0.1) is 17.1 Å². The van der Waals surface area contributed by atoms with Crippen LogP contribution in [-0.4, -0.2) is 34.0 Å². The molecule has 0 aromatic carbocycles. The summed E-state index contributed by atoms with van der Waals surface area (Å²) < 4.78 is 0. The molecular weight excluding hydrogens is 272 g/mol. The molecule has 0 unspecified atom stereocenters.